The fourth-order valence-corrected chi connectivity index (χ4v) is 3.04. The molecular weight excluding hydrogens is 344 g/mol. The van der Waals surface area contributed by atoms with E-state index in [2.05, 4.69) is 19.1 Å². The van der Waals surface area contributed by atoms with E-state index in [0.717, 1.165) is 12.8 Å². The standard InChI is InChI=1S/C22H34O5/c1-4-18(19-11-7-5-8-12-19)17-22(2,3)21(25)27-16-15-26-20(24)13-9-6-10-14-23/h5,7-8,11-12,18,23H,4,6,9-10,13-17H2,1-3H3. The van der Waals surface area contributed by atoms with Crippen molar-refractivity contribution in [2.24, 2.45) is 5.41 Å². The molecule has 0 saturated carbocycles. The van der Waals surface area contributed by atoms with Gasteiger partial charge in [-0.25, -0.2) is 0 Å². The number of carbonyl (C=O) groups is 2. The second-order valence-corrected chi connectivity index (χ2v) is 7.49. The van der Waals surface area contributed by atoms with Crippen LogP contribution in [0.1, 0.15) is 70.8 Å². The molecule has 1 unspecified atom stereocenters. The van der Waals surface area contributed by atoms with Crippen molar-refractivity contribution in [3.05, 3.63) is 35.9 Å². The Morgan fingerprint density at radius 3 is 2.33 bits per heavy atom. The quantitative estimate of drug-likeness (QED) is 0.411. The molecule has 5 heteroatoms. The van der Waals surface area contributed by atoms with Gasteiger partial charge in [-0.1, -0.05) is 43.7 Å². The fourth-order valence-electron chi connectivity index (χ4n) is 3.04. The second kappa shape index (κ2) is 12.5. The van der Waals surface area contributed by atoms with Crippen LogP contribution in [0.5, 0.6) is 0 Å². The van der Waals surface area contributed by atoms with Crippen molar-refractivity contribution in [1.29, 1.82) is 0 Å². The number of unbranched alkanes of at least 4 members (excludes halogenated alkanes) is 2. The minimum atomic E-state index is -0.606. The molecule has 1 N–H and O–H groups in total. The molecule has 1 aromatic rings. The average molecular weight is 379 g/mol. The van der Waals surface area contributed by atoms with Crippen LogP contribution in [-0.2, 0) is 19.1 Å². The highest BCUT2D eigenvalue weighted by Gasteiger charge is 2.32. The van der Waals surface area contributed by atoms with Gasteiger partial charge in [-0.05, 0) is 51.0 Å². The molecule has 152 valence electrons. The summed E-state index contributed by atoms with van der Waals surface area (Å²) in [5, 5.41) is 8.69. The molecule has 0 saturated heterocycles. The zero-order valence-electron chi connectivity index (χ0n) is 16.9. The SMILES string of the molecule is CCC(CC(C)(C)C(=O)OCCOC(=O)CCCCCO)c1ccccc1. The molecule has 0 amide bonds. The predicted molar refractivity (Wildman–Crippen MR) is 105 cm³/mol. The van der Waals surface area contributed by atoms with Gasteiger partial charge in [-0.2, -0.15) is 0 Å². The topological polar surface area (TPSA) is 72.8 Å². The lowest BCUT2D eigenvalue weighted by Gasteiger charge is -2.27. The second-order valence-electron chi connectivity index (χ2n) is 7.49. The third-order valence-electron chi connectivity index (χ3n) is 4.69. The van der Waals surface area contributed by atoms with Crippen molar-refractivity contribution in [2.75, 3.05) is 19.8 Å². The molecule has 0 radical (unpaired) electrons. The zero-order chi connectivity index (χ0) is 20.1. The first-order valence-corrected chi connectivity index (χ1v) is 9.89. The third-order valence-corrected chi connectivity index (χ3v) is 4.69. The maximum absolute atomic E-state index is 12.4. The maximum atomic E-state index is 12.4. The normalized spacial score (nSPS) is 12.4. The van der Waals surface area contributed by atoms with Crippen molar-refractivity contribution in [1.82, 2.24) is 0 Å². The summed E-state index contributed by atoms with van der Waals surface area (Å²) in [6, 6.07) is 10.2. The highest BCUT2D eigenvalue weighted by atomic mass is 16.6. The minimum Gasteiger partial charge on any atom is -0.462 e. The Kier molecular flexibility index (Phi) is 10.7. The highest BCUT2D eigenvalue weighted by Crippen LogP contribution is 2.34. The third kappa shape index (κ3) is 9.05. The Bertz CT molecular complexity index is 553. The molecule has 0 aliphatic rings. The van der Waals surface area contributed by atoms with Gasteiger partial charge in [0.2, 0.25) is 0 Å². The number of hydrogen-bond acceptors (Lipinski definition) is 5. The maximum Gasteiger partial charge on any atom is 0.311 e. The van der Waals surface area contributed by atoms with Crippen molar-refractivity contribution in [2.45, 2.75) is 65.2 Å². The van der Waals surface area contributed by atoms with Gasteiger partial charge in [0.05, 0.1) is 5.41 Å². The Hall–Kier alpha value is -1.88. The largest absolute Gasteiger partial charge is 0.462 e. The summed E-state index contributed by atoms with van der Waals surface area (Å²) < 4.78 is 10.4. The number of rotatable bonds is 13. The molecule has 27 heavy (non-hydrogen) atoms. The summed E-state index contributed by atoms with van der Waals surface area (Å²) in [5.74, 6) is -0.264. The fraction of sp³-hybridized carbons (Fsp3) is 0.636. The van der Waals surface area contributed by atoms with E-state index in [1.54, 1.807) is 0 Å². The molecule has 0 aliphatic heterocycles. The zero-order valence-corrected chi connectivity index (χ0v) is 16.9. The van der Waals surface area contributed by atoms with E-state index in [4.69, 9.17) is 14.6 Å². The van der Waals surface area contributed by atoms with Crippen LogP contribution in [-0.4, -0.2) is 36.9 Å². The average Bonchev–Trinajstić information content (AvgIpc) is 2.67. The molecule has 1 aromatic carbocycles. The van der Waals surface area contributed by atoms with Crippen LogP contribution in [0.15, 0.2) is 30.3 Å². The van der Waals surface area contributed by atoms with E-state index in [1.165, 1.54) is 5.56 Å². The molecule has 0 aliphatic carbocycles. The molecule has 1 atom stereocenters. The lowest BCUT2D eigenvalue weighted by molar-refractivity contribution is -0.159. The number of aliphatic hydroxyl groups excluding tert-OH is 1. The van der Waals surface area contributed by atoms with Crippen LogP contribution in [0.25, 0.3) is 0 Å². The smallest absolute Gasteiger partial charge is 0.311 e. The number of benzene rings is 1. The van der Waals surface area contributed by atoms with Crippen LogP contribution in [0.3, 0.4) is 0 Å². The molecule has 0 aromatic heterocycles. The monoisotopic (exact) mass is 378 g/mol. The Morgan fingerprint density at radius 1 is 1.04 bits per heavy atom. The van der Waals surface area contributed by atoms with Crippen molar-refractivity contribution >= 4 is 11.9 Å². The Labute approximate surface area is 163 Å². The van der Waals surface area contributed by atoms with E-state index in [0.29, 0.717) is 31.6 Å². The van der Waals surface area contributed by atoms with E-state index in [1.807, 2.05) is 32.0 Å². The molecule has 1 rings (SSSR count). The summed E-state index contributed by atoms with van der Waals surface area (Å²) >= 11 is 0. The molecule has 0 bridgehead atoms. The minimum absolute atomic E-state index is 0.0762. The van der Waals surface area contributed by atoms with Crippen molar-refractivity contribution in [3.63, 3.8) is 0 Å². The van der Waals surface area contributed by atoms with Gasteiger partial charge in [-0.15, -0.1) is 0 Å². The molecule has 0 heterocycles. The lowest BCUT2D eigenvalue weighted by atomic mass is 9.79. The highest BCUT2D eigenvalue weighted by molar-refractivity contribution is 5.76. The van der Waals surface area contributed by atoms with Crippen molar-refractivity contribution < 1.29 is 24.2 Å². The first kappa shape index (κ1) is 23.2. The van der Waals surface area contributed by atoms with Crippen molar-refractivity contribution in [3.8, 4) is 0 Å². The number of esters is 2. The van der Waals surface area contributed by atoms with Gasteiger partial charge in [0.25, 0.3) is 0 Å². The lowest BCUT2D eigenvalue weighted by Crippen LogP contribution is -2.30. The van der Waals surface area contributed by atoms with Crippen LogP contribution in [0, 0.1) is 5.41 Å². The summed E-state index contributed by atoms with van der Waals surface area (Å²) in [5.41, 5.74) is 0.626. The van der Waals surface area contributed by atoms with Gasteiger partial charge in [0, 0.05) is 13.0 Å². The van der Waals surface area contributed by atoms with E-state index >= 15 is 0 Å². The summed E-state index contributed by atoms with van der Waals surface area (Å²) in [4.78, 5) is 24.0. The van der Waals surface area contributed by atoms with Gasteiger partial charge in [0.15, 0.2) is 0 Å². The predicted octanol–water partition coefficient (Wildman–Crippen LogP) is 4.24. The van der Waals surface area contributed by atoms with E-state index < -0.39 is 5.41 Å². The number of aliphatic hydroxyl groups is 1. The number of ether oxygens (including phenoxy) is 2. The molecule has 0 spiro atoms. The summed E-state index contributed by atoms with van der Waals surface area (Å²) in [6.45, 7) is 6.22. The molecular formula is C22H34O5. The van der Waals surface area contributed by atoms with Gasteiger partial charge < -0.3 is 14.6 Å². The molecule has 5 nitrogen and oxygen atoms in total. The number of carbonyl (C=O) groups excluding carboxylic acids is 2. The first-order valence-electron chi connectivity index (χ1n) is 9.89. The molecule has 0 fully saturated rings. The van der Waals surface area contributed by atoms with E-state index in [9.17, 15) is 9.59 Å². The Morgan fingerprint density at radius 2 is 1.70 bits per heavy atom. The van der Waals surface area contributed by atoms with Crippen LogP contribution < -0.4 is 0 Å². The Balaban J connectivity index is 2.34. The number of hydrogen-bond donors (Lipinski definition) is 1. The van der Waals surface area contributed by atoms with Gasteiger partial charge in [-0.3, -0.25) is 9.59 Å². The first-order chi connectivity index (χ1) is 12.9. The van der Waals surface area contributed by atoms with Crippen LogP contribution in [0.4, 0.5) is 0 Å². The summed E-state index contributed by atoms with van der Waals surface area (Å²) in [6.07, 6.45) is 4.18. The van der Waals surface area contributed by atoms with Gasteiger partial charge in [0.1, 0.15) is 13.2 Å². The van der Waals surface area contributed by atoms with Gasteiger partial charge >= 0.3 is 11.9 Å². The summed E-state index contributed by atoms with van der Waals surface area (Å²) in [7, 11) is 0. The van der Waals surface area contributed by atoms with Crippen LogP contribution in [0.2, 0.25) is 0 Å². The van der Waals surface area contributed by atoms with Crippen LogP contribution >= 0.6 is 0 Å². The van der Waals surface area contributed by atoms with E-state index in [-0.39, 0.29) is 31.8 Å².